The highest BCUT2D eigenvalue weighted by Crippen LogP contribution is 2.37. The molecule has 0 bridgehead atoms. The summed E-state index contributed by atoms with van der Waals surface area (Å²) in [4.78, 5) is 171. The number of nitrogens with one attached hydrogen (secondary N) is 8. The summed E-state index contributed by atoms with van der Waals surface area (Å²) in [6.07, 6.45) is 2.49. The topological polar surface area (TPSA) is 718 Å². The number of rotatable bonds is 17. The number of carbonyl (C=O) groups is 8. The zero-order valence-corrected chi connectivity index (χ0v) is 83.6. The molecule has 0 saturated carbocycles. The highest BCUT2D eigenvalue weighted by atomic mass is 35.5. The van der Waals surface area contributed by atoms with Crippen molar-refractivity contribution in [2.24, 2.45) is 20.0 Å². The van der Waals surface area contributed by atoms with Gasteiger partial charge >= 0.3 is 6.36 Å². The Morgan fingerprint density at radius 3 is 1.21 bits per heavy atom. The minimum absolute atomic E-state index is 0.00997. The predicted octanol–water partition coefficient (Wildman–Crippen LogP) is 3.92. The number of amides is 8. The lowest BCUT2D eigenvalue weighted by molar-refractivity contribution is -0.274. The Hall–Kier alpha value is -16.4. The van der Waals surface area contributed by atoms with Gasteiger partial charge in [-0.05, 0) is 150 Å². The molecular weight excluding hydrogens is 2050 g/mol. The Labute approximate surface area is 870 Å². The number of hydrogen-bond donors (Lipinski definition) is 16. The van der Waals surface area contributed by atoms with Gasteiger partial charge in [-0.1, -0.05) is 56.7 Å². The summed E-state index contributed by atoms with van der Waals surface area (Å²) in [5.41, 5.74) is 45.7. The number of carbonyl (C=O) groups excluding carboxylic acids is 8. The molecule has 24 N–H and O–H groups in total. The Balaban J connectivity index is 0.000000142. The second kappa shape index (κ2) is 45.1. The number of ether oxygens (including phenoxy) is 3. The molecule has 790 valence electrons. The fourth-order valence-corrected chi connectivity index (χ4v) is 18.0. The average Bonchev–Trinajstić information content (AvgIpc) is 1.67. The molecule has 9 aliphatic heterocycles. The van der Waals surface area contributed by atoms with Gasteiger partial charge in [-0.3, -0.25) is 79.6 Å². The zero-order chi connectivity index (χ0) is 107. The molecule has 19 rings (SSSR count). The van der Waals surface area contributed by atoms with Crippen LogP contribution in [0.25, 0.3) is 22.6 Å². The first-order valence-corrected chi connectivity index (χ1v) is 48.2. The molecule has 0 aliphatic carbocycles. The second-order valence-electron chi connectivity index (χ2n) is 36.2. The van der Waals surface area contributed by atoms with Gasteiger partial charge in [0, 0.05) is 109 Å². The largest absolute Gasteiger partial charge is 0.573 e. The van der Waals surface area contributed by atoms with Gasteiger partial charge in [0.2, 0.25) is 17.6 Å². The highest BCUT2D eigenvalue weighted by molar-refractivity contribution is 6.33. The molecule has 5 saturated heterocycles. The van der Waals surface area contributed by atoms with E-state index in [1.54, 1.807) is 42.2 Å². The number of aliphatic imine (C=N–C) groups is 4. The molecule has 7 aromatic heterocycles. The Morgan fingerprint density at radius 2 is 0.820 bits per heavy atom. The van der Waals surface area contributed by atoms with Gasteiger partial charge in [0.1, 0.15) is 45.9 Å². The number of likely N-dealkylation sites (N-methyl/N-ethyl adjacent to an activating group) is 1. The van der Waals surface area contributed by atoms with Gasteiger partial charge in [0.05, 0.1) is 61.0 Å². The van der Waals surface area contributed by atoms with Crippen LogP contribution in [0.5, 0.6) is 17.2 Å². The highest BCUT2D eigenvalue weighted by Gasteiger charge is 2.46. The van der Waals surface area contributed by atoms with E-state index in [0.717, 1.165) is 55.4 Å². The van der Waals surface area contributed by atoms with Crippen LogP contribution in [0.4, 0.5) is 69.9 Å². The monoisotopic (exact) mass is 2150 g/mol. The second-order valence-corrected chi connectivity index (χ2v) is 37.6. The van der Waals surface area contributed by atoms with Gasteiger partial charge in [-0.25, -0.2) is 49.2 Å². The number of alkyl halides is 3. The summed E-state index contributed by atoms with van der Waals surface area (Å²) in [6, 6.07) is 21.6. The number of aryl methyl sites for hydroxylation is 2. The van der Waals surface area contributed by atoms with Crippen LogP contribution in [-0.2, 0) is 16.0 Å². The van der Waals surface area contributed by atoms with Crippen LogP contribution in [0.1, 0.15) is 132 Å². The van der Waals surface area contributed by atoms with Crippen molar-refractivity contribution in [2.45, 2.75) is 99.7 Å². The Kier molecular flexibility index (Phi) is 32.0. The molecule has 0 atom stereocenters. The summed E-state index contributed by atoms with van der Waals surface area (Å²) >= 11 is 23.4. The molecule has 3 aromatic carbocycles. The summed E-state index contributed by atoms with van der Waals surface area (Å²) in [6.45, 7) is 10.9. The first kappa shape index (κ1) is 106. The smallest absolute Gasteiger partial charge is 0.497 e. The SMILES string of the molecule is CN1CCN(c2ccc(C(=O)N3CCC4(CC3)CN=C(NC(=O)c3nc(Cl)c(N)nc3N)N4)cn2)CC1.COc1ccc(-c2noc(CCC(=O)N3CCC4(CC3)CN=C(NC(=O)c3nc(Cl)c(N)nc3N)N4)n2)cc1.Cc1onc(-c2ccc(F)cc2)c1C(=O)N1CCC2(CC1)CN=C(NC(=O)c1nc(Cl)c(N)nc1N)N2.Nc1nc(N)c(C(=O)NC2=NCC3(CCN(C(=O)COc4ccc(OC(F)(F)F)cc4)CC3)N2)nc1Cl. The number of likely N-dealkylation sites (tertiary alicyclic amines) is 4. The molecule has 4 spiro atoms. The standard InChI is InChI=1S/C24H27ClN10O4.C23H23ClFN9O3.C23H30ClN11O2.C21H22ClF3N8O4/c1-38-14-4-2-13(3-5-14)21-29-15(39-34-21)6-7-16(36)35-10-8-24(9-11-35)12-28-23(33-24)32-22(37)17-19(26)31-20(27)18(25)30-17;1-11-14(15(33-37-11)12-2-4-13(25)5-3-12)21(36)34-8-6-23(7-9-34)10-28-22(32-23)31-20(35)16-18(26)30-19(27)17(24)29-16;1-33-8-10-34(11-9-33)15-3-2-14(12-27-15)21(37)35-6-4-23(5-7-35)13-28-22(32-23)31-20(36)16-18(25)30-19(26)17(24)29-16;22-15-17(27)30-16(26)14(29-15)18(35)31-19-28-10-20(32-19)5-7-33(8-6-20)13(34)9-36-11-1-3-12(4-2-11)37-21(23,24)25/h2-5H,6-12H2,1H3,(H4,26,27,31)(H2,28,32,33,37);2-5H,6-10H2,1H3,(H4,26,27,30)(H2,28,31,32,35);2-3,12H,4-11,13H2,1H3,(H4,25,26,30)(H2,28,31,32,36);1-4H,5-10H2,(H4,26,27,30)(H2,28,31,32,35). The number of nitrogens with zero attached hydrogens (tertiary/aromatic N) is 22. The fourth-order valence-electron chi connectivity index (χ4n) is 17.5. The van der Waals surface area contributed by atoms with Crippen LogP contribution >= 0.6 is 46.4 Å². The van der Waals surface area contributed by atoms with E-state index in [4.69, 9.17) is 111 Å². The van der Waals surface area contributed by atoms with Crippen LogP contribution in [0, 0.1) is 12.7 Å². The summed E-state index contributed by atoms with van der Waals surface area (Å²) < 4.78 is 75.1. The molecule has 10 aromatic rings. The van der Waals surface area contributed by atoms with E-state index in [2.05, 4.69) is 144 Å². The number of piperazine rings is 1. The van der Waals surface area contributed by atoms with E-state index in [0.29, 0.717) is 188 Å². The third kappa shape index (κ3) is 25.5. The van der Waals surface area contributed by atoms with Crippen molar-refractivity contribution in [2.75, 3.05) is 176 Å². The maximum absolute atomic E-state index is 13.4. The van der Waals surface area contributed by atoms with E-state index in [1.807, 2.05) is 46.2 Å². The minimum atomic E-state index is -4.79. The third-order valence-electron chi connectivity index (χ3n) is 26.1. The van der Waals surface area contributed by atoms with Crippen molar-refractivity contribution in [3.05, 3.63) is 163 Å². The maximum Gasteiger partial charge on any atom is 0.573 e. The van der Waals surface area contributed by atoms with Gasteiger partial charge in [-0.2, -0.15) is 4.98 Å². The molecule has 16 heterocycles. The number of halogens is 8. The summed E-state index contributed by atoms with van der Waals surface area (Å²) in [5, 5.41) is 31.2. The number of guanidine groups is 4. The first-order valence-electron chi connectivity index (χ1n) is 46.7. The third-order valence-corrected chi connectivity index (χ3v) is 27.2. The number of pyridine rings is 1. The first-order chi connectivity index (χ1) is 71.6. The number of methoxy groups -OCH3 is 1. The van der Waals surface area contributed by atoms with E-state index >= 15 is 0 Å². The van der Waals surface area contributed by atoms with Crippen molar-refractivity contribution in [3.8, 4) is 39.9 Å². The number of nitrogens with two attached hydrogens (primary N) is 8. The van der Waals surface area contributed by atoms with Crippen molar-refractivity contribution in [1.29, 1.82) is 0 Å². The normalized spacial score (nSPS) is 17.1. The van der Waals surface area contributed by atoms with Crippen molar-refractivity contribution in [1.82, 2.24) is 127 Å². The lowest BCUT2D eigenvalue weighted by atomic mass is 9.88. The summed E-state index contributed by atoms with van der Waals surface area (Å²) in [7, 11) is 3.71. The van der Waals surface area contributed by atoms with Gasteiger partial charge in [-0.15, -0.1) is 13.2 Å². The minimum Gasteiger partial charge on any atom is -0.497 e. The quantitative estimate of drug-likeness (QED) is 0.0574. The summed E-state index contributed by atoms with van der Waals surface area (Å²) in [5.74, 6) is -0.329. The van der Waals surface area contributed by atoms with Gasteiger partial charge in [0.25, 0.3) is 41.4 Å². The van der Waals surface area contributed by atoms with Crippen molar-refractivity contribution >= 4 is 170 Å². The number of piperidine rings is 4. The molecule has 8 amide bonds. The van der Waals surface area contributed by atoms with Crippen LogP contribution in [0.15, 0.2) is 120 Å². The zero-order valence-electron chi connectivity index (χ0n) is 80.5. The van der Waals surface area contributed by atoms with Crippen LogP contribution in [0.3, 0.4) is 0 Å². The molecule has 0 radical (unpaired) electrons. The number of hydrogen-bond acceptors (Lipinski definition) is 43. The van der Waals surface area contributed by atoms with Crippen molar-refractivity contribution < 1.29 is 79.2 Å². The number of anilines is 9. The Morgan fingerprint density at radius 1 is 0.440 bits per heavy atom. The molecule has 59 heteroatoms. The van der Waals surface area contributed by atoms with E-state index in [1.165, 1.54) is 24.3 Å². The lowest BCUT2D eigenvalue weighted by Gasteiger charge is -2.39. The predicted molar refractivity (Wildman–Crippen MR) is 542 cm³/mol. The molecule has 9 aliphatic rings. The number of nitrogen functional groups attached to an aromatic ring is 8. The van der Waals surface area contributed by atoms with Crippen LogP contribution < -0.4 is 108 Å². The van der Waals surface area contributed by atoms with Crippen molar-refractivity contribution in [3.63, 3.8) is 0 Å². The molecule has 150 heavy (non-hydrogen) atoms. The van der Waals surface area contributed by atoms with Gasteiger partial charge < -0.3 is 120 Å². The Bertz CT molecular complexity index is 6890. The fraction of sp³-hybridized carbons (Fsp3) is 0.385. The molecule has 51 nitrogen and oxygen atoms in total. The maximum atomic E-state index is 13.4. The molecule has 5 fully saturated rings. The van der Waals surface area contributed by atoms with Crippen LogP contribution in [0.2, 0.25) is 20.6 Å². The van der Waals surface area contributed by atoms with Gasteiger partial charge in [0.15, 0.2) is 120 Å². The number of aromatic nitrogens is 12. The molecule has 0 unspecified atom stereocenters. The van der Waals surface area contributed by atoms with E-state index < -0.39 is 41.1 Å². The number of benzene rings is 3. The average molecular weight is 2150 g/mol. The molecular formula is C91H102Cl4F4N38O13. The van der Waals surface area contributed by atoms with E-state index in [9.17, 15) is 55.9 Å². The van der Waals surface area contributed by atoms with Crippen LogP contribution in [-0.4, -0.2) is 310 Å². The van der Waals surface area contributed by atoms with E-state index in [-0.39, 0.29) is 167 Å². The lowest BCUT2D eigenvalue weighted by Crippen LogP contribution is -2.57.